The van der Waals surface area contributed by atoms with Gasteiger partial charge in [-0.1, -0.05) is 35.8 Å². The number of hydrogen-bond acceptors (Lipinski definition) is 2. The van der Waals surface area contributed by atoms with Gasteiger partial charge in [-0.05, 0) is 41.8 Å². The second kappa shape index (κ2) is 6.18. The first-order chi connectivity index (χ1) is 9.52. The van der Waals surface area contributed by atoms with E-state index in [9.17, 15) is 9.18 Å². The Bertz CT molecular complexity index is 638. The molecular formula is C16H14BrFO2. The van der Waals surface area contributed by atoms with E-state index in [0.717, 1.165) is 10.0 Å². The number of carbonyl (C=O) groups excluding carboxylic acids is 1. The van der Waals surface area contributed by atoms with Gasteiger partial charge < -0.3 is 4.74 Å². The molecule has 2 rings (SSSR count). The molecule has 0 aliphatic carbocycles. The van der Waals surface area contributed by atoms with Crippen molar-refractivity contribution in [2.24, 2.45) is 0 Å². The zero-order chi connectivity index (χ0) is 14.7. The van der Waals surface area contributed by atoms with Gasteiger partial charge in [-0.15, -0.1) is 0 Å². The fourth-order valence-electron chi connectivity index (χ4n) is 1.90. The summed E-state index contributed by atoms with van der Waals surface area (Å²) in [6, 6.07) is 9.80. The van der Waals surface area contributed by atoms with Crippen molar-refractivity contribution in [1.82, 2.24) is 0 Å². The number of halogens is 2. The lowest BCUT2D eigenvalue weighted by atomic mass is 10.0. The van der Waals surface area contributed by atoms with E-state index in [1.165, 1.54) is 18.2 Å². The molecular weight excluding hydrogens is 323 g/mol. The Kier molecular flexibility index (Phi) is 4.55. The van der Waals surface area contributed by atoms with Gasteiger partial charge in [0.05, 0.1) is 5.56 Å². The van der Waals surface area contributed by atoms with Crippen molar-refractivity contribution in [3.05, 3.63) is 57.8 Å². The fourth-order valence-corrected chi connectivity index (χ4v) is 2.28. The predicted octanol–water partition coefficient (Wildman–Crippen LogP) is 5.32. The van der Waals surface area contributed by atoms with E-state index in [-0.39, 0.29) is 17.2 Å². The number of para-hydroxylation sites is 1. The van der Waals surface area contributed by atoms with Crippen molar-refractivity contribution in [2.75, 3.05) is 0 Å². The van der Waals surface area contributed by atoms with Crippen LogP contribution in [0.3, 0.4) is 0 Å². The molecule has 0 unspecified atom stereocenters. The molecule has 2 nitrogen and oxygen atoms in total. The average Bonchev–Trinajstić information content (AvgIpc) is 2.42. The third-order valence-corrected chi connectivity index (χ3v) is 3.42. The van der Waals surface area contributed by atoms with Crippen molar-refractivity contribution in [1.29, 1.82) is 0 Å². The number of ether oxygens (including phenoxy) is 1. The van der Waals surface area contributed by atoms with E-state index in [1.807, 2.05) is 26.0 Å². The summed E-state index contributed by atoms with van der Waals surface area (Å²) in [4.78, 5) is 11.0. The Morgan fingerprint density at radius 3 is 2.65 bits per heavy atom. The van der Waals surface area contributed by atoms with Crippen LogP contribution in [0.4, 0.5) is 4.39 Å². The molecule has 0 radical (unpaired) electrons. The quantitative estimate of drug-likeness (QED) is 0.706. The Labute approximate surface area is 125 Å². The van der Waals surface area contributed by atoms with Crippen molar-refractivity contribution in [3.8, 4) is 11.5 Å². The fraction of sp³-hybridized carbons (Fsp3) is 0.188. The molecule has 0 aromatic heterocycles. The maximum Gasteiger partial charge on any atom is 0.173 e. The maximum absolute atomic E-state index is 13.8. The molecule has 0 saturated carbocycles. The molecule has 0 atom stereocenters. The minimum Gasteiger partial charge on any atom is -0.453 e. The van der Waals surface area contributed by atoms with Crippen molar-refractivity contribution in [3.63, 3.8) is 0 Å². The van der Waals surface area contributed by atoms with Crippen LogP contribution in [0.1, 0.15) is 35.7 Å². The molecule has 0 amide bonds. The van der Waals surface area contributed by atoms with Crippen LogP contribution in [0.25, 0.3) is 0 Å². The lowest BCUT2D eigenvalue weighted by molar-refractivity contribution is 0.112. The largest absolute Gasteiger partial charge is 0.453 e. The zero-order valence-corrected chi connectivity index (χ0v) is 12.8. The number of hydrogen-bond donors (Lipinski definition) is 0. The molecule has 0 fully saturated rings. The molecule has 2 aromatic carbocycles. The summed E-state index contributed by atoms with van der Waals surface area (Å²) >= 11 is 3.41. The monoisotopic (exact) mass is 336 g/mol. The maximum atomic E-state index is 13.8. The summed E-state index contributed by atoms with van der Waals surface area (Å²) in [5.41, 5.74) is 1.14. The van der Waals surface area contributed by atoms with E-state index in [1.54, 1.807) is 6.07 Å². The Morgan fingerprint density at radius 1 is 1.25 bits per heavy atom. The van der Waals surface area contributed by atoms with E-state index in [2.05, 4.69) is 15.9 Å². The number of carbonyl (C=O) groups is 1. The predicted molar refractivity (Wildman–Crippen MR) is 80.1 cm³/mol. The summed E-state index contributed by atoms with van der Waals surface area (Å²) in [5, 5.41) is 0. The van der Waals surface area contributed by atoms with E-state index < -0.39 is 5.82 Å². The molecule has 0 bridgehead atoms. The topological polar surface area (TPSA) is 26.3 Å². The summed E-state index contributed by atoms with van der Waals surface area (Å²) in [5.74, 6) is 0.185. The highest BCUT2D eigenvalue weighted by atomic mass is 79.9. The van der Waals surface area contributed by atoms with Crippen LogP contribution < -0.4 is 4.74 Å². The van der Waals surface area contributed by atoms with Gasteiger partial charge in [0.1, 0.15) is 5.75 Å². The second-order valence-electron chi connectivity index (χ2n) is 4.71. The SMILES string of the molecule is CC(C)c1cc(Br)ccc1Oc1c(F)cccc1C=O. The van der Waals surface area contributed by atoms with Gasteiger partial charge in [0.15, 0.2) is 17.9 Å². The first-order valence-electron chi connectivity index (χ1n) is 6.24. The molecule has 104 valence electrons. The number of rotatable bonds is 4. The zero-order valence-electron chi connectivity index (χ0n) is 11.2. The summed E-state index contributed by atoms with van der Waals surface area (Å²) < 4.78 is 20.4. The summed E-state index contributed by atoms with van der Waals surface area (Å²) in [6.45, 7) is 4.05. The molecule has 20 heavy (non-hydrogen) atoms. The normalized spacial score (nSPS) is 10.7. The molecule has 0 aliphatic heterocycles. The highest BCUT2D eigenvalue weighted by molar-refractivity contribution is 9.10. The highest BCUT2D eigenvalue weighted by Crippen LogP contribution is 2.34. The van der Waals surface area contributed by atoms with Gasteiger partial charge >= 0.3 is 0 Å². The Morgan fingerprint density at radius 2 is 2.00 bits per heavy atom. The molecule has 0 saturated heterocycles. The van der Waals surface area contributed by atoms with Crippen LogP contribution in [0.5, 0.6) is 11.5 Å². The molecule has 4 heteroatoms. The lowest BCUT2D eigenvalue weighted by Crippen LogP contribution is -1.98. The van der Waals surface area contributed by atoms with E-state index in [0.29, 0.717) is 12.0 Å². The summed E-state index contributed by atoms with van der Waals surface area (Å²) in [7, 11) is 0. The standard InChI is InChI=1S/C16H14BrFO2/c1-10(2)13-8-12(17)6-7-15(13)20-16-11(9-19)4-3-5-14(16)18/h3-10H,1-2H3. The van der Waals surface area contributed by atoms with Crippen LogP contribution >= 0.6 is 15.9 Å². The Hall–Kier alpha value is -1.68. The third-order valence-electron chi connectivity index (χ3n) is 2.93. The van der Waals surface area contributed by atoms with Gasteiger partial charge in [0.2, 0.25) is 0 Å². The van der Waals surface area contributed by atoms with Crippen molar-refractivity contribution < 1.29 is 13.9 Å². The minimum absolute atomic E-state index is 0.0354. The first kappa shape index (κ1) is 14.7. The number of benzene rings is 2. The summed E-state index contributed by atoms with van der Waals surface area (Å²) in [6.07, 6.45) is 0.590. The van der Waals surface area contributed by atoms with Crippen molar-refractivity contribution in [2.45, 2.75) is 19.8 Å². The average molecular weight is 337 g/mol. The van der Waals surface area contributed by atoms with Gasteiger partial charge in [0, 0.05) is 4.47 Å². The van der Waals surface area contributed by atoms with Crippen LogP contribution in [0.15, 0.2) is 40.9 Å². The van der Waals surface area contributed by atoms with Gasteiger partial charge in [-0.3, -0.25) is 4.79 Å². The first-order valence-corrected chi connectivity index (χ1v) is 7.03. The molecule has 2 aromatic rings. The Balaban J connectivity index is 2.48. The third kappa shape index (κ3) is 3.07. The highest BCUT2D eigenvalue weighted by Gasteiger charge is 2.14. The van der Waals surface area contributed by atoms with E-state index in [4.69, 9.17) is 4.74 Å². The van der Waals surface area contributed by atoms with Gasteiger partial charge in [-0.2, -0.15) is 0 Å². The van der Waals surface area contributed by atoms with Gasteiger partial charge in [0.25, 0.3) is 0 Å². The van der Waals surface area contributed by atoms with Gasteiger partial charge in [-0.25, -0.2) is 4.39 Å². The number of aldehydes is 1. The van der Waals surface area contributed by atoms with Crippen LogP contribution in [-0.4, -0.2) is 6.29 Å². The van der Waals surface area contributed by atoms with Crippen molar-refractivity contribution >= 4 is 22.2 Å². The molecule has 0 spiro atoms. The molecule has 0 aliphatic rings. The van der Waals surface area contributed by atoms with Crippen LogP contribution in [0, 0.1) is 5.82 Å². The lowest BCUT2D eigenvalue weighted by Gasteiger charge is -2.15. The van der Waals surface area contributed by atoms with E-state index >= 15 is 0 Å². The second-order valence-corrected chi connectivity index (χ2v) is 5.63. The van der Waals surface area contributed by atoms with Crippen LogP contribution in [-0.2, 0) is 0 Å². The van der Waals surface area contributed by atoms with Crippen LogP contribution in [0.2, 0.25) is 0 Å². The molecule has 0 N–H and O–H groups in total. The minimum atomic E-state index is -0.549. The molecule has 0 heterocycles. The smallest absolute Gasteiger partial charge is 0.173 e.